The average molecular weight is 268 g/mol. The van der Waals surface area contributed by atoms with Gasteiger partial charge in [0.25, 0.3) is 5.91 Å². The molecule has 0 saturated carbocycles. The lowest BCUT2D eigenvalue weighted by atomic mass is 10.2. The second kappa shape index (κ2) is 7.55. The zero-order chi connectivity index (χ0) is 14.3. The summed E-state index contributed by atoms with van der Waals surface area (Å²) in [6, 6.07) is 1.54. The van der Waals surface area contributed by atoms with Gasteiger partial charge in [-0.05, 0) is 19.5 Å². The number of nitrogens with two attached hydrogens (primary N) is 1. The van der Waals surface area contributed by atoms with Gasteiger partial charge < -0.3 is 9.73 Å². The van der Waals surface area contributed by atoms with E-state index in [0.717, 1.165) is 6.42 Å². The van der Waals surface area contributed by atoms with Crippen molar-refractivity contribution in [2.75, 3.05) is 20.1 Å². The van der Waals surface area contributed by atoms with Crippen molar-refractivity contribution in [2.24, 2.45) is 5.84 Å². The maximum atomic E-state index is 11.5. The highest BCUT2D eigenvalue weighted by Gasteiger charge is 2.16. The van der Waals surface area contributed by atoms with Crippen LogP contribution in [0.15, 0.2) is 16.7 Å². The van der Waals surface area contributed by atoms with E-state index in [1.165, 1.54) is 6.26 Å². The van der Waals surface area contributed by atoms with Crippen molar-refractivity contribution in [3.05, 3.63) is 23.7 Å². The van der Waals surface area contributed by atoms with Gasteiger partial charge in [-0.2, -0.15) is 0 Å². The van der Waals surface area contributed by atoms with Gasteiger partial charge in [-0.15, -0.1) is 0 Å². The molecule has 1 aromatic heterocycles. The Labute approximate surface area is 112 Å². The fourth-order valence-electron chi connectivity index (χ4n) is 1.61. The summed E-state index contributed by atoms with van der Waals surface area (Å²) in [4.78, 5) is 24.7. The smallest absolute Gasteiger partial charge is 0.268 e. The minimum Gasteiger partial charge on any atom is -0.467 e. The average Bonchev–Trinajstić information content (AvgIpc) is 2.83. The van der Waals surface area contributed by atoms with Crippen molar-refractivity contribution in [1.29, 1.82) is 0 Å². The lowest BCUT2D eigenvalue weighted by molar-refractivity contribution is -0.122. The van der Waals surface area contributed by atoms with Crippen LogP contribution in [0, 0.1) is 0 Å². The number of nitrogen functional groups attached to an aromatic ring is 1. The van der Waals surface area contributed by atoms with Crippen molar-refractivity contribution >= 4 is 11.8 Å². The van der Waals surface area contributed by atoms with E-state index in [2.05, 4.69) is 10.7 Å². The first-order chi connectivity index (χ1) is 9.08. The summed E-state index contributed by atoms with van der Waals surface area (Å²) in [5.41, 5.74) is 2.43. The second-order valence-corrected chi connectivity index (χ2v) is 4.25. The summed E-state index contributed by atoms with van der Waals surface area (Å²) in [5.74, 6) is 5.10. The minimum absolute atomic E-state index is 0.0549. The molecule has 1 aromatic rings. The molecular formula is C12H20N4O3. The van der Waals surface area contributed by atoms with Gasteiger partial charge in [-0.1, -0.05) is 6.92 Å². The molecule has 7 nitrogen and oxygen atoms in total. The normalized spacial score (nSPS) is 10.5. The van der Waals surface area contributed by atoms with Crippen LogP contribution < -0.4 is 16.6 Å². The van der Waals surface area contributed by atoms with Crippen LogP contribution in [0.2, 0.25) is 0 Å². The quantitative estimate of drug-likeness (QED) is 0.362. The number of hydrogen-bond acceptors (Lipinski definition) is 5. The number of likely N-dealkylation sites (N-methyl/N-ethyl adjacent to an activating group) is 1. The number of furan rings is 1. The maximum absolute atomic E-state index is 11.5. The first-order valence-electron chi connectivity index (χ1n) is 6.11. The third-order valence-corrected chi connectivity index (χ3v) is 2.52. The van der Waals surface area contributed by atoms with E-state index >= 15 is 0 Å². The molecule has 7 heteroatoms. The van der Waals surface area contributed by atoms with Crippen LogP contribution in [0.25, 0.3) is 0 Å². The van der Waals surface area contributed by atoms with Gasteiger partial charge in [-0.25, -0.2) is 5.84 Å². The Morgan fingerprint density at radius 1 is 1.47 bits per heavy atom. The molecule has 0 aromatic carbocycles. The molecule has 1 heterocycles. The summed E-state index contributed by atoms with van der Waals surface area (Å²) in [7, 11) is 1.78. The third kappa shape index (κ3) is 4.72. The van der Waals surface area contributed by atoms with Gasteiger partial charge in [-0.3, -0.25) is 19.9 Å². The predicted octanol–water partition coefficient (Wildman–Crippen LogP) is -0.159. The Kier molecular flexibility index (Phi) is 6.04. The number of hydrogen-bond donors (Lipinski definition) is 3. The predicted molar refractivity (Wildman–Crippen MR) is 70.0 cm³/mol. The molecule has 2 amide bonds. The van der Waals surface area contributed by atoms with Crippen LogP contribution in [0.4, 0.5) is 0 Å². The van der Waals surface area contributed by atoms with Crippen molar-refractivity contribution in [3.63, 3.8) is 0 Å². The molecule has 0 aliphatic heterocycles. The van der Waals surface area contributed by atoms with E-state index in [4.69, 9.17) is 10.3 Å². The van der Waals surface area contributed by atoms with E-state index < -0.39 is 5.91 Å². The Bertz CT molecular complexity index is 430. The van der Waals surface area contributed by atoms with Gasteiger partial charge in [0.2, 0.25) is 5.91 Å². The topological polar surface area (TPSA) is 101 Å². The fourth-order valence-corrected chi connectivity index (χ4v) is 1.61. The van der Waals surface area contributed by atoms with E-state index in [1.807, 2.05) is 6.92 Å². The van der Waals surface area contributed by atoms with Gasteiger partial charge in [0, 0.05) is 6.54 Å². The van der Waals surface area contributed by atoms with Crippen LogP contribution in [0.5, 0.6) is 0 Å². The summed E-state index contributed by atoms with van der Waals surface area (Å²) >= 11 is 0. The van der Waals surface area contributed by atoms with Crippen molar-refractivity contribution in [1.82, 2.24) is 15.6 Å². The molecule has 0 saturated heterocycles. The van der Waals surface area contributed by atoms with Gasteiger partial charge in [0.15, 0.2) is 0 Å². The minimum atomic E-state index is -0.410. The molecule has 0 spiro atoms. The summed E-state index contributed by atoms with van der Waals surface area (Å²) < 4.78 is 5.23. The van der Waals surface area contributed by atoms with Crippen molar-refractivity contribution < 1.29 is 14.0 Å². The largest absolute Gasteiger partial charge is 0.467 e. The van der Waals surface area contributed by atoms with E-state index in [0.29, 0.717) is 24.4 Å². The zero-order valence-electron chi connectivity index (χ0n) is 11.2. The standard InChI is InChI=1S/C12H20N4O3/c1-3-5-14-11(17)8-16(2)7-10-9(4-6-19-10)12(18)15-13/h4,6H,3,5,7-8,13H2,1-2H3,(H,14,17)(H,15,18). The van der Waals surface area contributed by atoms with E-state index in [1.54, 1.807) is 18.0 Å². The summed E-state index contributed by atoms with van der Waals surface area (Å²) in [5, 5.41) is 2.78. The number of nitrogens with one attached hydrogen (secondary N) is 2. The molecule has 4 N–H and O–H groups in total. The Morgan fingerprint density at radius 2 is 2.21 bits per heavy atom. The van der Waals surface area contributed by atoms with Crippen molar-refractivity contribution in [3.8, 4) is 0 Å². The molecule has 0 bridgehead atoms. The summed E-state index contributed by atoms with van der Waals surface area (Å²) in [6.07, 6.45) is 2.32. The Morgan fingerprint density at radius 3 is 2.84 bits per heavy atom. The number of amides is 2. The number of nitrogens with zero attached hydrogens (tertiary/aromatic N) is 1. The van der Waals surface area contributed by atoms with Gasteiger partial charge in [0.05, 0.1) is 24.9 Å². The van der Waals surface area contributed by atoms with E-state index in [-0.39, 0.29) is 12.5 Å². The van der Waals surface area contributed by atoms with Crippen molar-refractivity contribution in [2.45, 2.75) is 19.9 Å². The van der Waals surface area contributed by atoms with E-state index in [9.17, 15) is 9.59 Å². The van der Waals surface area contributed by atoms with Crippen LogP contribution in [0.3, 0.4) is 0 Å². The van der Waals surface area contributed by atoms with Crippen LogP contribution in [-0.2, 0) is 11.3 Å². The summed E-state index contributed by atoms with van der Waals surface area (Å²) in [6.45, 7) is 3.25. The molecule has 0 unspecified atom stereocenters. The Hall–Kier alpha value is -1.86. The van der Waals surface area contributed by atoms with Crippen LogP contribution in [-0.4, -0.2) is 36.9 Å². The molecule has 106 valence electrons. The molecule has 19 heavy (non-hydrogen) atoms. The first kappa shape index (κ1) is 15.2. The monoisotopic (exact) mass is 268 g/mol. The lowest BCUT2D eigenvalue weighted by Crippen LogP contribution is -2.35. The third-order valence-electron chi connectivity index (χ3n) is 2.52. The highest BCUT2D eigenvalue weighted by Crippen LogP contribution is 2.12. The highest BCUT2D eigenvalue weighted by atomic mass is 16.3. The lowest BCUT2D eigenvalue weighted by Gasteiger charge is -2.15. The Balaban J connectivity index is 2.53. The molecule has 1 rings (SSSR count). The van der Waals surface area contributed by atoms with Gasteiger partial charge in [0.1, 0.15) is 5.76 Å². The van der Waals surface area contributed by atoms with Crippen LogP contribution >= 0.6 is 0 Å². The zero-order valence-corrected chi connectivity index (χ0v) is 11.2. The van der Waals surface area contributed by atoms with Gasteiger partial charge >= 0.3 is 0 Å². The molecular weight excluding hydrogens is 248 g/mol. The fraction of sp³-hybridized carbons (Fsp3) is 0.500. The number of carbonyl (C=O) groups excluding carboxylic acids is 2. The molecule has 0 radical (unpaired) electrons. The maximum Gasteiger partial charge on any atom is 0.268 e. The molecule has 0 atom stereocenters. The number of rotatable bonds is 7. The number of hydrazine groups is 1. The number of carbonyl (C=O) groups is 2. The molecule has 0 aliphatic rings. The first-order valence-corrected chi connectivity index (χ1v) is 6.11. The second-order valence-electron chi connectivity index (χ2n) is 4.25. The molecule has 0 aliphatic carbocycles. The highest BCUT2D eigenvalue weighted by molar-refractivity contribution is 5.94. The van der Waals surface area contributed by atoms with Crippen LogP contribution in [0.1, 0.15) is 29.5 Å². The molecule has 0 fully saturated rings. The SMILES string of the molecule is CCCNC(=O)CN(C)Cc1occc1C(=O)NN.